The van der Waals surface area contributed by atoms with Crippen LogP contribution in [-0.4, -0.2) is 36.9 Å². The van der Waals surface area contributed by atoms with Gasteiger partial charge in [0.05, 0.1) is 6.26 Å². The second-order valence-corrected chi connectivity index (χ2v) is 8.38. The second kappa shape index (κ2) is 9.83. The predicted octanol–water partition coefficient (Wildman–Crippen LogP) is 4.92. The summed E-state index contributed by atoms with van der Waals surface area (Å²) < 4.78 is 5.36. The highest BCUT2D eigenvalue weighted by molar-refractivity contribution is 5.93. The molecule has 3 rings (SSSR count). The highest BCUT2D eigenvalue weighted by atomic mass is 16.3. The molecule has 1 heterocycles. The molecule has 30 heavy (non-hydrogen) atoms. The molecule has 0 bridgehead atoms. The fraction of sp³-hybridized carbons (Fsp3) is 0.500. The molecule has 1 N–H and O–H groups in total. The Bertz CT molecular complexity index is 855. The molecule has 0 aliphatic heterocycles. The van der Waals surface area contributed by atoms with Gasteiger partial charge in [-0.3, -0.25) is 9.59 Å². The maximum atomic E-state index is 13.1. The van der Waals surface area contributed by atoms with E-state index in [4.69, 9.17) is 4.42 Å². The summed E-state index contributed by atoms with van der Waals surface area (Å²) in [4.78, 5) is 29.5. The highest BCUT2D eigenvalue weighted by Gasteiger charge is 2.25. The Kier molecular flexibility index (Phi) is 7.19. The SMILES string of the molecule is CC[C@@H](C)N(Cc1cc(NC(=O)C2CCCC2)ccc1N(C)C)C(=O)c1ccco1. The molecule has 1 atom stereocenters. The minimum absolute atomic E-state index is 0.0503. The number of hydrogen-bond acceptors (Lipinski definition) is 4. The number of nitrogens with zero attached hydrogens (tertiary/aromatic N) is 2. The fourth-order valence-corrected chi connectivity index (χ4v) is 4.03. The molecule has 1 fully saturated rings. The first-order chi connectivity index (χ1) is 14.4. The van der Waals surface area contributed by atoms with Gasteiger partial charge in [0.15, 0.2) is 5.76 Å². The zero-order valence-corrected chi connectivity index (χ0v) is 18.5. The maximum Gasteiger partial charge on any atom is 0.290 e. The first kappa shape index (κ1) is 21.9. The van der Waals surface area contributed by atoms with Crippen molar-refractivity contribution in [2.75, 3.05) is 24.3 Å². The largest absolute Gasteiger partial charge is 0.459 e. The Balaban J connectivity index is 1.86. The average molecular weight is 412 g/mol. The van der Waals surface area contributed by atoms with E-state index in [9.17, 15) is 9.59 Å². The van der Waals surface area contributed by atoms with Crippen molar-refractivity contribution in [2.24, 2.45) is 5.92 Å². The third kappa shape index (κ3) is 5.04. The van der Waals surface area contributed by atoms with Crippen molar-refractivity contribution in [3.63, 3.8) is 0 Å². The van der Waals surface area contributed by atoms with Gasteiger partial charge >= 0.3 is 0 Å². The van der Waals surface area contributed by atoms with Crippen LogP contribution in [0.1, 0.15) is 62.1 Å². The quantitative estimate of drug-likeness (QED) is 0.670. The van der Waals surface area contributed by atoms with Crippen LogP contribution in [0.4, 0.5) is 11.4 Å². The molecule has 1 aliphatic rings. The van der Waals surface area contributed by atoms with E-state index in [0.717, 1.165) is 49.0 Å². The van der Waals surface area contributed by atoms with Crippen molar-refractivity contribution in [3.8, 4) is 0 Å². The number of benzene rings is 1. The summed E-state index contributed by atoms with van der Waals surface area (Å²) in [6, 6.07) is 9.41. The zero-order valence-electron chi connectivity index (χ0n) is 18.5. The van der Waals surface area contributed by atoms with Gasteiger partial charge in [0.25, 0.3) is 5.91 Å². The molecule has 0 radical (unpaired) electrons. The number of rotatable bonds is 8. The normalized spacial score (nSPS) is 15.1. The van der Waals surface area contributed by atoms with E-state index in [2.05, 4.69) is 12.2 Å². The number of furan rings is 1. The monoisotopic (exact) mass is 411 g/mol. The van der Waals surface area contributed by atoms with Crippen LogP contribution in [0, 0.1) is 5.92 Å². The van der Waals surface area contributed by atoms with E-state index in [-0.39, 0.29) is 23.8 Å². The molecule has 2 amide bonds. The van der Waals surface area contributed by atoms with Gasteiger partial charge < -0.3 is 19.5 Å². The van der Waals surface area contributed by atoms with Gasteiger partial charge in [-0.2, -0.15) is 0 Å². The number of carbonyl (C=O) groups excluding carboxylic acids is 2. The Morgan fingerprint density at radius 3 is 2.53 bits per heavy atom. The smallest absolute Gasteiger partial charge is 0.290 e. The van der Waals surface area contributed by atoms with Crippen LogP contribution in [0.5, 0.6) is 0 Å². The van der Waals surface area contributed by atoms with Gasteiger partial charge in [-0.25, -0.2) is 0 Å². The van der Waals surface area contributed by atoms with Crippen molar-refractivity contribution in [2.45, 2.75) is 58.5 Å². The van der Waals surface area contributed by atoms with Gasteiger partial charge in [-0.1, -0.05) is 19.8 Å². The first-order valence-corrected chi connectivity index (χ1v) is 10.9. The van der Waals surface area contributed by atoms with Gasteiger partial charge in [-0.15, -0.1) is 0 Å². The Morgan fingerprint density at radius 1 is 1.20 bits per heavy atom. The van der Waals surface area contributed by atoms with E-state index in [1.165, 1.54) is 6.26 Å². The van der Waals surface area contributed by atoms with Crippen LogP contribution >= 0.6 is 0 Å². The summed E-state index contributed by atoms with van der Waals surface area (Å²) in [5.74, 6) is 0.424. The van der Waals surface area contributed by atoms with Crippen LogP contribution in [0.25, 0.3) is 0 Å². The summed E-state index contributed by atoms with van der Waals surface area (Å²) in [6.45, 7) is 4.55. The minimum Gasteiger partial charge on any atom is -0.459 e. The number of amides is 2. The molecule has 6 nitrogen and oxygen atoms in total. The lowest BCUT2D eigenvalue weighted by Gasteiger charge is -2.30. The molecule has 6 heteroatoms. The van der Waals surface area contributed by atoms with Crippen LogP contribution in [0.3, 0.4) is 0 Å². The molecular formula is C24H33N3O3. The van der Waals surface area contributed by atoms with Gasteiger partial charge in [0, 0.05) is 44.0 Å². The van der Waals surface area contributed by atoms with Gasteiger partial charge in [0.2, 0.25) is 5.91 Å². The minimum atomic E-state index is -0.126. The van der Waals surface area contributed by atoms with E-state index in [0.29, 0.717) is 12.3 Å². The Hall–Kier alpha value is -2.76. The van der Waals surface area contributed by atoms with Crippen LogP contribution in [-0.2, 0) is 11.3 Å². The van der Waals surface area contributed by atoms with Crippen molar-refractivity contribution in [1.29, 1.82) is 0 Å². The standard InChI is InChI=1S/C24H33N3O3/c1-5-17(2)27(24(29)22-11-8-14-30-22)16-19-15-20(12-13-21(19)26(3)4)25-23(28)18-9-6-7-10-18/h8,11-15,17-18H,5-7,9-10,16H2,1-4H3,(H,25,28)/t17-/m1/s1. The lowest BCUT2D eigenvalue weighted by Crippen LogP contribution is -2.38. The van der Waals surface area contributed by atoms with Crippen LogP contribution in [0.2, 0.25) is 0 Å². The second-order valence-electron chi connectivity index (χ2n) is 8.38. The topological polar surface area (TPSA) is 65.8 Å². The summed E-state index contributed by atoms with van der Waals surface area (Å²) in [5.41, 5.74) is 2.79. The lowest BCUT2D eigenvalue weighted by molar-refractivity contribution is -0.119. The molecule has 0 saturated heterocycles. The van der Waals surface area contributed by atoms with E-state index in [1.807, 2.05) is 49.0 Å². The average Bonchev–Trinajstić information content (AvgIpc) is 3.45. The highest BCUT2D eigenvalue weighted by Crippen LogP contribution is 2.29. The van der Waals surface area contributed by atoms with Crippen molar-refractivity contribution in [3.05, 3.63) is 47.9 Å². The summed E-state index contributed by atoms with van der Waals surface area (Å²) in [6.07, 6.45) is 6.54. The number of hydrogen-bond donors (Lipinski definition) is 1. The van der Waals surface area contributed by atoms with Crippen LogP contribution in [0.15, 0.2) is 41.0 Å². The van der Waals surface area contributed by atoms with E-state index in [1.54, 1.807) is 12.1 Å². The van der Waals surface area contributed by atoms with E-state index < -0.39 is 0 Å². The number of carbonyl (C=O) groups is 2. The summed E-state index contributed by atoms with van der Waals surface area (Å²) in [5, 5.41) is 3.08. The zero-order chi connectivity index (χ0) is 21.7. The maximum absolute atomic E-state index is 13.1. The molecule has 1 aliphatic carbocycles. The third-order valence-electron chi connectivity index (χ3n) is 6.01. The number of anilines is 2. The molecule has 162 valence electrons. The predicted molar refractivity (Wildman–Crippen MR) is 120 cm³/mol. The lowest BCUT2D eigenvalue weighted by atomic mass is 10.1. The van der Waals surface area contributed by atoms with Crippen molar-refractivity contribution in [1.82, 2.24) is 4.90 Å². The van der Waals surface area contributed by atoms with Gasteiger partial charge in [0.1, 0.15) is 0 Å². The third-order valence-corrected chi connectivity index (χ3v) is 6.01. The van der Waals surface area contributed by atoms with Crippen molar-refractivity contribution >= 4 is 23.2 Å². The number of nitrogens with one attached hydrogen (secondary N) is 1. The Labute approximate surface area is 179 Å². The molecule has 1 aromatic carbocycles. The van der Waals surface area contributed by atoms with Gasteiger partial charge in [-0.05, 0) is 62.1 Å². The van der Waals surface area contributed by atoms with Crippen LogP contribution < -0.4 is 10.2 Å². The van der Waals surface area contributed by atoms with Crippen molar-refractivity contribution < 1.29 is 14.0 Å². The summed E-state index contributed by atoms with van der Waals surface area (Å²) in [7, 11) is 3.97. The Morgan fingerprint density at radius 2 is 1.93 bits per heavy atom. The molecule has 1 saturated carbocycles. The molecule has 0 spiro atoms. The molecule has 0 unspecified atom stereocenters. The summed E-state index contributed by atoms with van der Waals surface area (Å²) >= 11 is 0. The molecular weight excluding hydrogens is 378 g/mol. The van der Waals surface area contributed by atoms with E-state index >= 15 is 0 Å². The fourth-order valence-electron chi connectivity index (χ4n) is 4.03. The first-order valence-electron chi connectivity index (χ1n) is 10.9. The molecule has 1 aromatic heterocycles. The molecule has 2 aromatic rings.